The van der Waals surface area contributed by atoms with Crippen molar-refractivity contribution in [3.8, 4) is 5.75 Å². The summed E-state index contributed by atoms with van der Waals surface area (Å²) in [5.41, 5.74) is 6.27. The number of oxime groups is 1. The third kappa shape index (κ3) is 3.14. The Hall–Kier alpha value is -2.28. The zero-order valence-corrected chi connectivity index (χ0v) is 11.0. The van der Waals surface area contributed by atoms with Crippen molar-refractivity contribution in [2.75, 3.05) is 7.11 Å². The minimum atomic E-state index is 0.0409. The maximum absolute atomic E-state index is 8.80. The Balaban J connectivity index is 2.41. The summed E-state index contributed by atoms with van der Waals surface area (Å²) >= 11 is 1.38. The number of ether oxygens (including phenoxy) is 1. The van der Waals surface area contributed by atoms with E-state index in [-0.39, 0.29) is 5.84 Å². The van der Waals surface area contributed by atoms with E-state index in [1.807, 2.05) is 0 Å². The monoisotopic (exact) mass is 276 g/mol. The summed E-state index contributed by atoms with van der Waals surface area (Å²) in [6.45, 7) is 0. The number of methoxy groups -OCH3 is 1. The van der Waals surface area contributed by atoms with Crippen molar-refractivity contribution in [2.24, 2.45) is 10.9 Å². The van der Waals surface area contributed by atoms with E-state index >= 15 is 0 Å². The molecule has 0 aliphatic heterocycles. The molecule has 3 N–H and O–H groups in total. The predicted octanol–water partition coefficient (Wildman–Crippen LogP) is 1.73. The fraction of sp³-hybridized carbons (Fsp3) is 0.0833. The summed E-state index contributed by atoms with van der Waals surface area (Å²) in [6.07, 6.45) is 3.12. The van der Waals surface area contributed by atoms with Gasteiger partial charge >= 0.3 is 0 Å². The molecule has 0 aliphatic carbocycles. The Labute approximate surface area is 114 Å². The van der Waals surface area contributed by atoms with Gasteiger partial charge in [0.05, 0.1) is 7.11 Å². The summed E-state index contributed by atoms with van der Waals surface area (Å²) in [5.74, 6) is 0.727. The van der Waals surface area contributed by atoms with Crippen molar-refractivity contribution in [2.45, 2.75) is 9.92 Å². The molecule has 1 aromatic carbocycles. The number of aromatic nitrogens is 2. The number of benzene rings is 1. The number of rotatable bonds is 4. The Bertz CT molecular complexity index is 590. The van der Waals surface area contributed by atoms with Gasteiger partial charge in [0.2, 0.25) is 0 Å². The molecule has 0 bridgehead atoms. The second-order valence-electron chi connectivity index (χ2n) is 3.50. The van der Waals surface area contributed by atoms with Crippen LogP contribution in [0.1, 0.15) is 5.56 Å². The van der Waals surface area contributed by atoms with Gasteiger partial charge in [0, 0.05) is 16.7 Å². The van der Waals surface area contributed by atoms with Crippen molar-refractivity contribution in [1.29, 1.82) is 0 Å². The van der Waals surface area contributed by atoms with E-state index in [9.17, 15) is 0 Å². The Kier molecular flexibility index (Phi) is 4.19. The molecule has 0 spiro atoms. The summed E-state index contributed by atoms with van der Waals surface area (Å²) in [4.78, 5) is 8.77. The van der Waals surface area contributed by atoms with Crippen LogP contribution in [0, 0.1) is 0 Å². The van der Waals surface area contributed by atoms with Gasteiger partial charge in [-0.15, -0.1) is 0 Å². The summed E-state index contributed by atoms with van der Waals surface area (Å²) in [6, 6.07) is 7.06. The van der Waals surface area contributed by atoms with Gasteiger partial charge in [0.15, 0.2) is 5.84 Å². The van der Waals surface area contributed by atoms with Gasteiger partial charge < -0.3 is 15.7 Å². The fourth-order valence-corrected chi connectivity index (χ4v) is 2.34. The highest BCUT2D eigenvalue weighted by Crippen LogP contribution is 2.31. The van der Waals surface area contributed by atoms with Crippen molar-refractivity contribution < 1.29 is 9.94 Å². The molecule has 2 rings (SSSR count). The second kappa shape index (κ2) is 6.05. The Morgan fingerprint density at radius 3 is 2.89 bits per heavy atom. The molecular weight excluding hydrogens is 264 g/mol. The first kappa shape index (κ1) is 13.2. The van der Waals surface area contributed by atoms with E-state index in [2.05, 4.69) is 15.1 Å². The summed E-state index contributed by atoms with van der Waals surface area (Å²) < 4.78 is 5.17. The van der Waals surface area contributed by atoms with Crippen LogP contribution < -0.4 is 10.5 Å². The maximum atomic E-state index is 8.80. The van der Waals surface area contributed by atoms with Gasteiger partial charge in [-0.25, -0.2) is 9.97 Å². The van der Waals surface area contributed by atoms with Gasteiger partial charge in [0.25, 0.3) is 0 Å². The summed E-state index contributed by atoms with van der Waals surface area (Å²) in [7, 11) is 1.58. The first-order valence-electron chi connectivity index (χ1n) is 5.34. The molecule has 0 saturated carbocycles. The average Bonchev–Trinajstić information content (AvgIpc) is 2.47. The van der Waals surface area contributed by atoms with E-state index in [1.165, 1.54) is 18.1 Å². The van der Waals surface area contributed by atoms with Crippen molar-refractivity contribution in [3.63, 3.8) is 0 Å². The highest BCUT2D eigenvalue weighted by atomic mass is 32.2. The largest absolute Gasteiger partial charge is 0.497 e. The van der Waals surface area contributed by atoms with Crippen LogP contribution >= 0.6 is 11.8 Å². The highest BCUT2D eigenvalue weighted by Gasteiger charge is 2.10. The molecule has 2 aromatic rings. The Morgan fingerprint density at radius 2 is 2.26 bits per heavy atom. The number of hydrogen-bond acceptors (Lipinski definition) is 6. The van der Waals surface area contributed by atoms with Crippen LogP contribution in [0.5, 0.6) is 5.75 Å². The van der Waals surface area contributed by atoms with E-state index in [0.29, 0.717) is 11.3 Å². The Morgan fingerprint density at radius 1 is 1.42 bits per heavy atom. The average molecular weight is 276 g/mol. The molecule has 0 atom stereocenters. The van der Waals surface area contributed by atoms with Gasteiger partial charge in [-0.3, -0.25) is 0 Å². The normalized spacial score (nSPS) is 11.3. The summed E-state index contributed by atoms with van der Waals surface area (Å²) in [5, 5.41) is 12.6. The van der Waals surface area contributed by atoms with Crippen LogP contribution in [-0.2, 0) is 0 Å². The number of nitrogens with zero attached hydrogens (tertiary/aromatic N) is 3. The molecule has 1 heterocycles. The quantitative estimate of drug-likeness (QED) is 0.290. The van der Waals surface area contributed by atoms with Crippen LogP contribution in [0.25, 0.3) is 0 Å². The third-order valence-electron chi connectivity index (χ3n) is 2.34. The number of amidine groups is 1. The molecule has 0 saturated heterocycles. The molecule has 19 heavy (non-hydrogen) atoms. The van der Waals surface area contributed by atoms with Crippen molar-refractivity contribution >= 4 is 17.6 Å². The molecular formula is C12H12N4O2S. The number of hydrogen-bond donors (Lipinski definition) is 2. The predicted molar refractivity (Wildman–Crippen MR) is 71.7 cm³/mol. The number of nitrogens with two attached hydrogens (primary N) is 1. The minimum Gasteiger partial charge on any atom is -0.497 e. The minimum absolute atomic E-state index is 0.0409. The first-order valence-corrected chi connectivity index (χ1v) is 6.16. The van der Waals surface area contributed by atoms with Gasteiger partial charge in [-0.1, -0.05) is 16.9 Å². The third-order valence-corrected chi connectivity index (χ3v) is 3.35. The van der Waals surface area contributed by atoms with Crippen LogP contribution in [-0.4, -0.2) is 28.1 Å². The first-order chi connectivity index (χ1) is 9.24. The zero-order valence-electron chi connectivity index (χ0n) is 10.1. The van der Waals surface area contributed by atoms with E-state index in [1.54, 1.807) is 37.6 Å². The molecule has 7 heteroatoms. The van der Waals surface area contributed by atoms with Gasteiger partial charge in [-0.05, 0) is 24.3 Å². The van der Waals surface area contributed by atoms with Crippen LogP contribution in [0.15, 0.2) is 51.9 Å². The standard InChI is InChI=1S/C12H12N4O2S/c1-18-8-2-3-9(12(13)16-17)10(6-8)19-11-4-5-14-7-15-11/h2-7,17H,1H3,(H2,13,16). The van der Waals surface area contributed by atoms with Crippen molar-refractivity contribution in [1.82, 2.24) is 9.97 Å². The van der Waals surface area contributed by atoms with Crippen LogP contribution in [0.4, 0.5) is 0 Å². The van der Waals surface area contributed by atoms with Crippen molar-refractivity contribution in [3.05, 3.63) is 42.4 Å². The highest BCUT2D eigenvalue weighted by molar-refractivity contribution is 7.99. The molecule has 0 unspecified atom stereocenters. The lowest BCUT2D eigenvalue weighted by atomic mass is 10.2. The smallest absolute Gasteiger partial charge is 0.171 e. The van der Waals surface area contributed by atoms with Crippen LogP contribution in [0.2, 0.25) is 0 Å². The lowest BCUT2D eigenvalue weighted by Gasteiger charge is -2.09. The lowest BCUT2D eigenvalue weighted by Crippen LogP contribution is -2.14. The lowest BCUT2D eigenvalue weighted by molar-refractivity contribution is 0.318. The SMILES string of the molecule is COc1ccc(/C(N)=N/O)c(Sc2ccncn2)c1. The molecule has 0 aliphatic rings. The van der Waals surface area contributed by atoms with Gasteiger partial charge in [-0.2, -0.15) is 0 Å². The zero-order chi connectivity index (χ0) is 13.7. The van der Waals surface area contributed by atoms with E-state index < -0.39 is 0 Å². The van der Waals surface area contributed by atoms with Crippen LogP contribution in [0.3, 0.4) is 0 Å². The molecule has 0 radical (unpaired) electrons. The fourth-order valence-electron chi connectivity index (χ4n) is 1.43. The molecule has 6 nitrogen and oxygen atoms in total. The topological polar surface area (TPSA) is 93.6 Å². The van der Waals surface area contributed by atoms with E-state index in [4.69, 9.17) is 15.7 Å². The maximum Gasteiger partial charge on any atom is 0.171 e. The molecule has 0 amide bonds. The molecule has 98 valence electrons. The molecule has 0 fully saturated rings. The molecule has 1 aromatic heterocycles. The second-order valence-corrected chi connectivity index (χ2v) is 4.56. The van der Waals surface area contributed by atoms with E-state index in [0.717, 1.165) is 9.92 Å². The van der Waals surface area contributed by atoms with Gasteiger partial charge in [0.1, 0.15) is 17.1 Å².